The number of carboxylic acid groups (broad SMARTS) is 1. The van der Waals surface area contributed by atoms with Gasteiger partial charge in [0.1, 0.15) is 5.75 Å². The Kier molecular flexibility index (Phi) is 11.6. The minimum absolute atomic E-state index is 0. The zero-order chi connectivity index (χ0) is 32.0. The number of hydrogen-bond acceptors (Lipinski definition) is 5. The number of piperidine rings is 1. The van der Waals surface area contributed by atoms with Gasteiger partial charge in [-0.05, 0) is 75.4 Å². The molecule has 0 bridgehead atoms. The molecule has 0 unspecified atom stereocenters. The van der Waals surface area contributed by atoms with Crippen molar-refractivity contribution in [1.29, 1.82) is 0 Å². The average molecular weight is 693 g/mol. The van der Waals surface area contributed by atoms with Crippen molar-refractivity contribution in [2.45, 2.75) is 69.3 Å². The largest absolute Gasteiger partial charge is 0.497 e. The van der Waals surface area contributed by atoms with E-state index >= 15 is 4.39 Å². The van der Waals surface area contributed by atoms with Crippen molar-refractivity contribution in [3.63, 3.8) is 0 Å². The van der Waals surface area contributed by atoms with Crippen LogP contribution in [0.25, 0.3) is 0 Å². The van der Waals surface area contributed by atoms with E-state index in [-0.39, 0.29) is 49.4 Å². The van der Waals surface area contributed by atoms with Gasteiger partial charge in [-0.15, -0.1) is 24.8 Å². The summed E-state index contributed by atoms with van der Waals surface area (Å²) in [5.74, 6) is -2.36. The number of likely N-dealkylation sites (tertiary alicyclic amines) is 2. The van der Waals surface area contributed by atoms with Gasteiger partial charge in [0.2, 0.25) is 5.67 Å². The van der Waals surface area contributed by atoms with Gasteiger partial charge in [0.15, 0.2) is 0 Å². The van der Waals surface area contributed by atoms with E-state index in [1.54, 1.807) is 31.4 Å². The molecule has 1 N–H and O–H groups in total. The lowest BCUT2D eigenvalue weighted by Gasteiger charge is -2.35. The fourth-order valence-electron chi connectivity index (χ4n) is 6.92. The molecule has 5 rings (SSSR count). The molecule has 3 aliphatic rings. The molecular weight excluding hydrogens is 649 g/mol. The highest BCUT2D eigenvalue weighted by molar-refractivity contribution is 5.88. The first-order chi connectivity index (χ1) is 20.6. The Bertz CT molecular complexity index is 1380. The van der Waals surface area contributed by atoms with Gasteiger partial charge in [-0.25, -0.2) is 4.39 Å². The van der Waals surface area contributed by atoms with Crippen molar-refractivity contribution in [2.24, 2.45) is 5.92 Å². The van der Waals surface area contributed by atoms with Crippen LogP contribution in [0.3, 0.4) is 0 Å². The van der Waals surface area contributed by atoms with Crippen LogP contribution in [-0.2, 0) is 15.8 Å². The van der Waals surface area contributed by atoms with Gasteiger partial charge in [-0.2, -0.15) is 13.2 Å². The molecule has 0 aliphatic carbocycles. The molecule has 3 atom stereocenters. The zero-order valence-electron chi connectivity index (χ0n) is 26.5. The molecule has 3 aliphatic heterocycles. The van der Waals surface area contributed by atoms with Crippen molar-refractivity contribution < 1.29 is 37.0 Å². The maximum Gasteiger partial charge on any atom is 0.416 e. The van der Waals surface area contributed by atoms with Crippen LogP contribution in [0.5, 0.6) is 5.75 Å². The van der Waals surface area contributed by atoms with Gasteiger partial charge in [0.05, 0.1) is 18.6 Å². The molecule has 46 heavy (non-hydrogen) atoms. The van der Waals surface area contributed by atoms with Crippen LogP contribution >= 0.6 is 24.8 Å². The van der Waals surface area contributed by atoms with E-state index in [2.05, 4.69) is 0 Å². The fraction of sp³-hybridized carbons (Fsp3) is 0.576. The number of carboxylic acids is 1. The third-order valence-electron chi connectivity index (χ3n) is 9.66. The van der Waals surface area contributed by atoms with Gasteiger partial charge >= 0.3 is 12.1 Å². The second-order valence-corrected chi connectivity index (χ2v) is 13.3. The van der Waals surface area contributed by atoms with Crippen molar-refractivity contribution in [2.75, 3.05) is 51.3 Å². The minimum Gasteiger partial charge on any atom is -0.497 e. The summed E-state index contributed by atoms with van der Waals surface area (Å²) in [4.78, 5) is 30.9. The van der Waals surface area contributed by atoms with Crippen molar-refractivity contribution in [3.05, 3.63) is 59.2 Å². The fourth-order valence-corrected chi connectivity index (χ4v) is 6.92. The molecule has 3 fully saturated rings. The van der Waals surface area contributed by atoms with E-state index in [1.165, 1.54) is 11.0 Å². The Balaban J connectivity index is 0.00000288. The SMILES string of the molecule is COc1ccc([C@@H]2CN(C(C)(C)C)C[C@@]2(F)C(=O)N2CC[C@H](c3ccc(C(F)(F)F)cc3N3CCC(C(=O)O)CC3)C2)cc1.Cl.Cl. The molecule has 0 spiro atoms. The lowest BCUT2D eigenvalue weighted by Crippen LogP contribution is -2.51. The number of halogens is 6. The van der Waals surface area contributed by atoms with Crippen LogP contribution in [0.4, 0.5) is 23.2 Å². The highest BCUT2D eigenvalue weighted by Crippen LogP contribution is 2.45. The van der Waals surface area contributed by atoms with Crippen LogP contribution in [0.15, 0.2) is 42.5 Å². The number of benzene rings is 2. The number of carbonyl (C=O) groups excluding carboxylic acids is 1. The Labute approximate surface area is 280 Å². The Morgan fingerprint density at radius 1 is 0.935 bits per heavy atom. The minimum atomic E-state index is -4.54. The number of hydrogen-bond donors (Lipinski definition) is 1. The highest BCUT2D eigenvalue weighted by atomic mass is 35.5. The van der Waals surface area contributed by atoms with Crippen LogP contribution in [0.1, 0.15) is 68.6 Å². The quantitative estimate of drug-likeness (QED) is 0.337. The first kappa shape index (κ1) is 37.7. The number of rotatable bonds is 6. The third-order valence-corrected chi connectivity index (χ3v) is 9.66. The van der Waals surface area contributed by atoms with Crippen LogP contribution in [0, 0.1) is 5.92 Å². The van der Waals surface area contributed by atoms with E-state index < -0.39 is 41.1 Å². The summed E-state index contributed by atoms with van der Waals surface area (Å²) >= 11 is 0. The number of aliphatic carboxylic acids is 1. The first-order valence-electron chi connectivity index (χ1n) is 15.2. The van der Waals surface area contributed by atoms with Gasteiger partial charge in [-0.1, -0.05) is 18.2 Å². The van der Waals surface area contributed by atoms with Gasteiger partial charge < -0.3 is 19.6 Å². The van der Waals surface area contributed by atoms with Gasteiger partial charge in [-0.3, -0.25) is 14.5 Å². The Morgan fingerprint density at radius 2 is 1.57 bits per heavy atom. The standard InChI is InChI=1S/C33H41F4N3O4.2ClH/c1-31(2,3)40-19-27(21-5-8-25(44-4)9-6-21)32(34,20-40)30(43)39-16-13-23(18-39)26-10-7-24(33(35,36)37)17-28(26)38-14-11-22(12-15-38)29(41)42;;/h5-10,17,22-23,27H,11-16,18-20H2,1-4H3,(H,41,42);2*1H/t23-,27-,32-;;/m0../s1. The number of carbonyl (C=O) groups is 2. The summed E-state index contributed by atoms with van der Waals surface area (Å²) in [6.45, 7) is 7.41. The predicted octanol–water partition coefficient (Wildman–Crippen LogP) is 6.78. The lowest BCUT2D eigenvalue weighted by molar-refractivity contribution is -0.143. The van der Waals surface area contributed by atoms with Crippen molar-refractivity contribution >= 4 is 42.4 Å². The molecule has 0 radical (unpaired) electrons. The molecule has 0 saturated carbocycles. The summed E-state index contributed by atoms with van der Waals surface area (Å²) < 4.78 is 63.7. The first-order valence-corrected chi connectivity index (χ1v) is 15.2. The average Bonchev–Trinajstić information content (AvgIpc) is 3.62. The van der Waals surface area contributed by atoms with E-state index in [1.807, 2.05) is 30.6 Å². The molecule has 2 aromatic rings. The topological polar surface area (TPSA) is 73.3 Å². The van der Waals surface area contributed by atoms with Gasteiger partial charge in [0.25, 0.3) is 5.91 Å². The van der Waals surface area contributed by atoms with E-state index in [4.69, 9.17) is 4.74 Å². The summed E-state index contributed by atoms with van der Waals surface area (Å²) in [5.41, 5.74) is -1.54. The molecule has 3 saturated heterocycles. The van der Waals surface area contributed by atoms with Crippen molar-refractivity contribution in [3.8, 4) is 5.75 Å². The second kappa shape index (κ2) is 14.2. The number of methoxy groups -OCH3 is 1. The van der Waals surface area contributed by atoms with Gasteiger partial charge in [0, 0.05) is 62.3 Å². The molecular formula is C33H43Cl2F4N3O4. The van der Waals surface area contributed by atoms with Crippen LogP contribution in [-0.4, -0.2) is 84.4 Å². The molecule has 0 aromatic heterocycles. The lowest BCUT2D eigenvalue weighted by atomic mass is 9.85. The molecule has 7 nitrogen and oxygen atoms in total. The highest BCUT2D eigenvalue weighted by Gasteiger charge is 2.57. The normalized spacial score (nSPS) is 24.3. The summed E-state index contributed by atoms with van der Waals surface area (Å²) in [5, 5.41) is 9.40. The smallest absolute Gasteiger partial charge is 0.416 e. The summed E-state index contributed by atoms with van der Waals surface area (Å²) in [7, 11) is 1.55. The summed E-state index contributed by atoms with van der Waals surface area (Å²) in [6, 6.07) is 10.8. The zero-order valence-corrected chi connectivity index (χ0v) is 28.1. The molecule has 13 heteroatoms. The second-order valence-electron chi connectivity index (χ2n) is 13.3. The monoisotopic (exact) mass is 691 g/mol. The molecule has 2 aromatic carbocycles. The third kappa shape index (κ3) is 7.52. The summed E-state index contributed by atoms with van der Waals surface area (Å²) in [6.07, 6.45) is -3.38. The van der Waals surface area contributed by atoms with E-state index in [9.17, 15) is 27.9 Å². The predicted molar refractivity (Wildman–Crippen MR) is 173 cm³/mol. The number of nitrogens with zero attached hydrogens (tertiary/aromatic N) is 3. The molecule has 256 valence electrons. The number of ether oxygens (including phenoxy) is 1. The number of alkyl halides is 4. The van der Waals surface area contributed by atoms with Crippen molar-refractivity contribution in [1.82, 2.24) is 9.80 Å². The van der Waals surface area contributed by atoms with E-state index in [0.717, 1.165) is 12.1 Å². The molecule has 1 amide bonds. The van der Waals surface area contributed by atoms with E-state index in [0.29, 0.717) is 68.0 Å². The maximum atomic E-state index is 17.2. The van der Waals surface area contributed by atoms with Crippen LogP contribution in [0.2, 0.25) is 0 Å². The maximum absolute atomic E-state index is 17.2. The molecule has 3 heterocycles. The Hall–Kier alpha value is -2.76. The number of anilines is 1. The number of amides is 1. The van der Waals surface area contributed by atoms with Crippen LogP contribution < -0.4 is 9.64 Å². The Morgan fingerprint density at radius 3 is 2.11 bits per heavy atom.